The number of likely N-dealkylation sites (tertiary alicyclic amines) is 1. The summed E-state index contributed by atoms with van der Waals surface area (Å²) >= 11 is 0. The van der Waals surface area contributed by atoms with Gasteiger partial charge in [-0.15, -0.1) is 10.2 Å². The second-order valence-corrected chi connectivity index (χ2v) is 6.43. The number of amides is 1. The number of tetrazole rings is 1. The zero-order chi connectivity index (χ0) is 18.7. The van der Waals surface area contributed by atoms with Crippen LogP contribution < -0.4 is 0 Å². The number of hydrogen-bond donors (Lipinski definition) is 0. The van der Waals surface area contributed by atoms with E-state index in [4.69, 9.17) is 0 Å². The molecule has 0 aliphatic carbocycles. The maximum atomic E-state index is 12.9. The second kappa shape index (κ2) is 7.43. The summed E-state index contributed by atoms with van der Waals surface area (Å²) in [6.45, 7) is 3.08. The third-order valence-electron chi connectivity index (χ3n) is 4.50. The van der Waals surface area contributed by atoms with Crippen LogP contribution in [-0.4, -0.2) is 44.1 Å². The molecule has 1 saturated heterocycles. The number of alkyl halides is 3. The highest BCUT2D eigenvalue weighted by Gasteiger charge is 2.31. The normalized spacial score (nSPS) is 17.0. The van der Waals surface area contributed by atoms with Gasteiger partial charge in [0.15, 0.2) is 0 Å². The lowest BCUT2D eigenvalue weighted by molar-refractivity contribution is -0.137. The standard InChI is InChI=1S/C17H20F3N5O/c1-12(16(26)24-9-4-2-3-5-10-24)25-22-15(21-23-25)13-7-6-8-14(11-13)17(18,19)20/h6-8,11-12H,2-5,9-10H2,1H3. The lowest BCUT2D eigenvalue weighted by atomic mass is 10.1. The lowest BCUT2D eigenvalue weighted by Gasteiger charge is -2.23. The van der Waals surface area contributed by atoms with Gasteiger partial charge in [-0.2, -0.15) is 18.0 Å². The Hall–Kier alpha value is -2.45. The quantitative estimate of drug-likeness (QED) is 0.835. The molecule has 0 saturated carbocycles. The van der Waals surface area contributed by atoms with Crippen molar-refractivity contribution in [1.29, 1.82) is 0 Å². The van der Waals surface area contributed by atoms with Crippen LogP contribution in [0.1, 0.15) is 44.2 Å². The van der Waals surface area contributed by atoms with Gasteiger partial charge in [0.1, 0.15) is 6.04 Å². The van der Waals surface area contributed by atoms with Gasteiger partial charge in [-0.25, -0.2) is 0 Å². The summed E-state index contributed by atoms with van der Waals surface area (Å²) in [4.78, 5) is 15.6. The first kappa shape index (κ1) is 18.3. The molecule has 2 aromatic rings. The van der Waals surface area contributed by atoms with Crippen molar-refractivity contribution in [3.63, 3.8) is 0 Å². The first-order valence-corrected chi connectivity index (χ1v) is 8.62. The van der Waals surface area contributed by atoms with E-state index < -0.39 is 17.8 Å². The molecule has 3 rings (SSSR count). The van der Waals surface area contributed by atoms with E-state index in [2.05, 4.69) is 15.4 Å². The molecule has 0 bridgehead atoms. The van der Waals surface area contributed by atoms with Crippen molar-refractivity contribution in [3.05, 3.63) is 29.8 Å². The van der Waals surface area contributed by atoms with E-state index in [1.165, 1.54) is 16.9 Å². The summed E-state index contributed by atoms with van der Waals surface area (Å²) in [6.07, 6.45) is -0.279. The monoisotopic (exact) mass is 367 g/mol. The van der Waals surface area contributed by atoms with Crippen molar-refractivity contribution in [2.24, 2.45) is 0 Å². The number of benzene rings is 1. The fourth-order valence-electron chi connectivity index (χ4n) is 2.99. The number of rotatable bonds is 3. The molecule has 1 aliphatic heterocycles. The van der Waals surface area contributed by atoms with E-state index in [1.807, 2.05) is 0 Å². The number of carbonyl (C=O) groups is 1. The Labute approximate surface area is 149 Å². The predicted octanol–water partition coefficient (Wildman–Crippen LogP) is 3.32. The molecule has 1 aliphatic rings. The Morgan fingerprint density at radius 1 is 1.15 bits per heavy atom. The Balaban J connectivity index is 1.78. The van der Waals surface area contributed by atoms with Gasteiger partial charge in [0.05, 0.1) is 5.56 Å². The molecule has 9 heteroatoms. The topological polar surface area (TPSA) is 63.9 Å². The number of halogens is 3. The predicted molar refractivity (Wildman–Crippen MR) is 88.0 cm³/mol. The molecule has 1 atom stereocenters. The molecular formula is C17H20F3N5O. The molecule has 1 amide bonds. The molecular weight excluding hydrogens is 347 g/mol. The minimum atomic E-state index is -4.44. The summed E-state index contributed by atoms with van der Waals surface area (Å²) < 4.78 is 38.6. The van der Waals surface area contributed by atoms with Gasteiger partial charge < -0.3 is 4.90 Å². The molecule has 6 nitrogen and oxygen atoms in total. The van der Waals surface area contributed by atoms with Crippen LogP contribution in [0.15, 0.2) is 24.3 Å². The molecule has 1 aromatic heterocycles. The summed E-state index contributed by atoms with van der Waals surface area (Å²) in [5.74, 6) is -0.0356. The molecule has 26 heavy (non-hydrogen) atoms. The Kier molecular flexibility index (Phi) is 5.24. The van der Waals surface area contributed by atoms with Gasteiger partial charge in [0.2, 0.25) is 11.7 Å². The van der Waals surface area contributed by atoms with Crippen LogP contribution in [0, 0.1) is 0 Å². The maximum Gasteiger partial charge on any atom is 0.416 e. The summed E-state index contributed by atoms with van der Waals surface area (Å²) in [5.41, 5.74) is -0.569. The highest BCUT2D eigenvalue weighted by atomic mass is 19.4. The third kappa shape index (κ3) is 4.03. The average molecular weight is 367 g/mol. The van der Waals surface area contributed by atoms with Crippen molar-refractivity contribution in [2.75, 3.05) is 13.1 Å². The second-order valence-electron chi connectivity index (χ2n) is 6.43. The smallest absolute Gasteiger partial charge is 0.341 e. The van der Waals surface area contributed by atoms with Gasteiger partial charge in [-0.1, -0.05) is 25.0 Å². The van der Waals surface area contributed by atoms with E-state index in [0.29, 0.717) is 13.1 Å². The number of nitrogens with zero attached hydrogens (tertiary/aromatic N) is 5. The highest BCUT2D eigenvalue weighted by Crippen LogP contribution is 2.31. The molecule has 0 N–H and O–H groups in total. The minimum Gasteiger partial charge on any atom is -0.341 e. The number of carbonyl (C=O) groups excluding carboxylic acids is 1. The van der Waals surface area contributed by atoms with Crippen molar-refractivity contribution in [1.82, 2.24) is 25.1 Å². The van der Waals surface area contributed by atoms with Crippen LogP contribution in [0.3, 0.4) is 0 Å². The van der Waals surface area contributed by atoms with E-state index >= 15 is 0 Å². The van der Waals surface area contributed by atoms with E-state index in [0.717, 1.165) is 37.8 Å². The molecule has 1 aromatic carbocycles. The van der Waals surface area contributed by atoms with Crippen LogP contribution >= 0.6 is 0 Å². The van der Waals surface area contributed by atoms with Crippen molar-refractivity contribution in [2.45, 2.75) is 44.8 Å². The Bertz CT molecular complexity index is 766. The minimum absolute atomic E-state index is 0.0617. The van der Waals surface area contributed by atoms with Crippen LogP contribution in [0.5, 0.6) is 0 Å². The van der Waals surface area contributed by atoms with Gasteiger partial charge in [0.25, 0.3) is 0 Å². The molecule has 1 fully saturated rings. The number of aromatic nitrogens is 4. The van der Waals surface area contributed by atoms with Gasteiger partial charge in [0, 0.05) is 18.7 Å². The lowest BCUT2D eigenvalue weighted by Crippen LogP contribution is -2.37. The third-order valence-corrected chi connectivity index (χ3v) is 4.50. The number of hydrogen-bond acceptors (Lipinski definition) is 4. The van der Waals surface area contributed by atoms with Crippen LogP contribution in [0.4, 0.5) is 13.2 Å². The molecule has 2 heterocycles. The SMILES string of the molecule is CC(C(=O)N1CCCCCC1)n1nnc(-c2cccc(C(F)(F)F)c2)n1. The first-order valence-electron chi connectivity index (χ1n) is 8.62. The van der Waals surface area contributed by atoms with Crippen molar-refractivity contribution >= 4 is 5.91 Å². The van der Waals surface area contributed by atoms with Crippen LogP contribution in [0.25, 0.3) is 11.4 Å². The van der Waals surface area contributed by atoms with Crippen molar-refractivity contribution < 1.29 is 18.0 Å². The van der Waals surface area contributed by atoms with Crippen molar-refractivity contribution in [3.8, 4) is 11.4 Å². The largest absolute Gasteiger partial charge is 0.416 e. The van der Waals surface area contributed by atoms with E-state index in [9.17, 15) is 18.0 Å². The molecule has 140 valence electrons. The first-order chi connectivity index (χ1) is 12.4. The average Bonchev–Trinajstić information content (AvgIpc) is 2.95. The van der Waals surface area contributed by atoms with E-state index in [1.54, 1.807) is 11.8 Å². The zero-order valence-electron chi connectivity index (χ0n) is 14.4. The fourth-order valence-corrected chi connectivity index (χ4v) is 2.99. The Morgan fingerprint density at radius 2 is 1.85 bits per heavy atom. The molecule has 1 unspecified atom stereocenters. The maximum absolute atomic E-state index is 12.9. The summed E-state index contributed by atoms with van der Waals surface area (Å²) in [7, 11) is 0. The fraction of sp³-hybridized carbons (Fsp3) is 0.529. The Morgan fingerprint density at radius 3 is 2.50 bits per heavy atom. The summed E-state index contributed by atoms with van der Waals surface area (Å²) in [6, 6.07) is 4.09. The summed E-state index contributed by atoms with van der Waals surface area (Å²) in [5, 5.41) is 11.8. The zero-order valence-corrected chi connectivity index (χ0v) is 14.4. The van der Waals surface area contributed by atoms with Gasteiger partial charge in [-0.05, 0) is 37.1 Å². The van der Waals surface area contributed by atoms with Crippen LogP contribution in [0.2, 0.25) is 0 Å². The molecule has 0 radical (unpaired) electrons. The highest BCUT2D eigenvalue weighted by molar-refractivity contribution is 5.79. The van der Waals surface area contributed by atoms with Crippen LogP contribution in [-0.2, 0) is 11.0 Å². The van der Waals surface area contributed by atoms with Gasteiger partial charge in [-0.3, -0.25) is 4.79 Å². The van der Waals surface area contributed by atoms with E-state index in [-0.39, 0.29) is 17.3 Å². The van der Waals surface area contributed by atoms with Gasteiger partial charge >= 0.3 is 6.18 Å². The molecule has 0 spiro atoms.